The van der Waals surface area contributed by atoms with Crippen molar-refractivity contribution in [3.63, 3.8) is 0 Å². The molecule has 1 aromatic carbocycles. The Balaban J connectivity index is 0.000000479. The van der Waals surface area contributed by atoms with E-state index in [0.717, 1.165) is 48.6 Å². The van der Waals surface area contributed by atoms with Gasteiger partial charge < -0.3 is 15.5 Å². The van der Waals surface area contributed by atoms with Gasteiger partial charge in [0, 0.05) is 30.9 Å². The van der Waals surface area contributed by atoms with Crippen molar-refractivity contribution in [2.75, 3.05) is 19.6 Å². The summed E-state index contributed by atoms with van der Waals surface area (Å²) in [6, 6.07) is 6.18. The van der Waals surface area contributed by atoms with E-state index < -0.39 is 12.1 Å². The van der Waals surface area contributed by atoms with Gasteiger partial charge in [0.2, 0.25) is 5.91 Å². The van der Waals surface area contributed by atoms with Crippen LogP contribution in [0.15, 0.2) is 24.3 Å². The average molecular weight is 474 g/mol. The zero-order valence-corrected chi connectivity index (χ0v) is 18.2. The Bertz CT molecular complexity index is 952. The number of piperidine rings is 1. The fraction of sp³-hybridized carbons (Fsp3) is 0.476. The normalized spacial score (nSPS) is 15.0. The number of hydrogen-bond acceptors (Lipinski definition) is 5. The number of halogens is 4. The number of aliphatic carboxylic acids is 1. The summed E-state index contributed by atoms with van der Waals surface area (Å²) in [5.41, 5.74) is 3.52. The zero-order valence-electron chi connectivity index (χ0n) is 18.2. The number of amides is 1. The van der Waals surface area contributed by atoms with E-state index >= 15 is 0 Å². The fourth-order valence-electron chi connectivity index (χ4n) is 3.29. The number of nitrogens with one attached hydrogen (secondary N) is 1. The predicted octanol–water partition coefficient (Wildman–Crippen LogP) is 2.33. The number of aryl methyl sites for hydroxylation is 1. The molecule has 3 N–H and O–H groups in total. The molecule has 0 spiro atoms. The Morgan fingerprint density at radius 1 is 1.15 bits per heavy atom. The van der Waals surface area contributed by atoms with Gasteiger partial charge in [-0.3, -0.25) is 9.69 Å². The van der Waals surface area contributed by atoms with Gasteiger partial charge in [-0.05, 0) is 51.0 Å². The number of alkyl halides is 3. The molecule has 0 aliphatic carbocycles. The molecule has 1 amide bonds. The monoisotopic (exact) mass is 474 g/mol. The predicted molar refractivity (Wildman–Crippen MR) is 110 cm³/mol. The summed E-state index contributed by atoms with van der Waals surface area (Å²) in [4.78, 5) is 23.2. The number of carboxylic acids is 1. The lowest BCUT2D eigenvalue weighted by atomic mass is 10.1. The minimum absolute atomic E-state index is 0.0327. The summed E-state index contributed by atoms with van der Waals surface area (Å²) < 4.78 is 46.6. The summed E-state index contributed by atoms with van der Waals surface area (Å²) in [5, 5.41) is 24.1. The maximum atomic E-state index is 13.1. The van der Waals surface area contributed by atoms with Crippen LogP contribution in [0.25, 0.3) is 5.69 Å². The second kappa shape index (κ2) is 11.2. The molecule has 182 valence electrons. The van der Waals surface area contributed by atoms with Gasteiger partial charge in [0.1, 0.15) is 5.82 Å². The number of likely N-dealkylation sites (tertiary alicyclic amines) is 1. The van der Waals surface area contributed by atoms with Crippen LogP contribution in [-0.2, 0) is 16.1 Å². The maximum Gasteiger partial charge on any atom is 0.490 e. The molecule has 2 heterocycles. The number of rotatable bonds is 5. The summed E-state index contributed by atoms with van der Waals surface area (Å²) in [7, 11) is 0. The number of carbonyl (C=O) groups excluding carboxylic acids is 1. The van der Waals surface area contributed by atoms with Gasteiger partial charge in [-0.15, -0.1) is 0 Å². The Labute approximate surface area is 187 Å². The molecule has 1 aromatic heterocycles. The van der Waals surface area contributed by atoms with Crippen LogP contribution < -0.4 is 5.32 Å². The molecule has 1 saturated heterocycles. The third-order valence-electron chi connectivity index (χ3n) is 5.14. The number of carbonyl (C=O) groups is 2. The molecule has 0 saturated carbocycles. The van der Waals surface area contributed by atoms with E-state index in [1.807, 2.05) is 13.8 Å². The van der Waals surface area contributed by atoms with E-state index in [1.54, 1.807) is 16.8 Å². The van der Waals surface area contributed by atoms with E-state index in [1.165, 1.54) is 12.1 Å². The highest BCUT2D eigenvalue weighted by Crippen LogP contribution is 2.18. The molecule has 1 aliphatic rings. The first kappa shape index (κ1) is 26.3. The van der Waals surface area contributed by atoms with Crippen LogP contribution in [0.5, 0.6) is 0 Å². The second-order valence-electron chi connectivity index (χ2n) is 7.62. The van der Waals surface area contributed by atoms with Crippen LogP contribution in [-0.4, -0.2) is 68.7 Å². The van der Waals surface area contributed by atoms with Gasteiger partial charge in [0.05, 0.1) is 24.0 Å². The van der Waals surface area contributed by atoms with Gasteiger partial charge in [-0.2, -0.15) is 18.3 Å². The fourth-order valence-corrected chi connectivity index (χ4v) is 3.29. The minimum Gasteiger partial charge on any atom is -0.475 e. The lowest BCUT2D eigenvalue weighted by molar-refractivity contribution is -0.192. The third-order valence-corrected chi connectivity index (χ3v) is 5.14. The van der Waals surface area contributed by atoms with Crippen LogP contribution in [0.4, 0.5) is 17.6 Å². The van der Waals surface area contributed by atoms with Crippen molar-refractivity contribution in [3.05, 3.63) is 47.0 Å². The van der Waals surface area contributed by atoms with Crippen molar-refractivity contribution >= 4 is 11.9 Å². The maximum absolute atomic E-state index is 13.1. The van der Waals surface area contributed by atoms with Crippen molar-refractivity contribution in [2.24, 2.45) is 0 Å². The second-order valence-corrected chi connectivity index (χ2v) is 7.62. The summed E-state index contributed by atoms with van der Waals surface area (Å²) in [6.45, 7) is 6.09. The first-order valence-electron chi connectivity index (χ1n) is 10.2. The highest BCUT2D eigenvalue weighted by molar-refractivity contribution is 5.78. The third kappa shape index (κ3) is 7.82. The van der Waals surface area contributed by atoms with Crippen molar-refractivity contribution in [1.82, 2.24) is 20.0 Å². The number of aromatic nitrogens is 2. The lowest BCUT2D eigenvalue weighted by Crippen LogP contribution is -2.42. The molecule has 0 atom stereocenters. The zero-order chi connectivity index (χ0) is 24.8. The number of aliphatic hydroxyl groups excluding tert-OH is 1. The smallest absolute Gasteiger partial charge is 0.475 e. The Morgan fingerprint density at radius 3 is 2.21 bits per heavy atom. The Kier molecular flexibility index (Phi) is 8.94. The largest absolute Gasteiger partial charge is 0.490 e. The van der Waals surface area contributed by atoms with Gasteiger partial charge in [-0.1, -0.05) is 0 Å². The van der Waals surface area contributed by atoms with Gasteiger partial charge >= 0.3 is 12.1 Å². The highest BCUT2D eigenvalue weighted by atomic mass is 19.4. The van der Waals surface area contributed by atoms with Gasteiger partial charge in [0.15, 0.2) is 0 Å². The molecule has 0 radical (unpaired) electrons. The topological polar surface area (TPSA) is 108 Å². The molecular weight excluding hydrogens is 448 g/mol. The summed E-state index contributed by atoms with van der Waals surface area (Å²) >= 11 is 0. The molecule has 2 aromatic rings. The Morgan fingerprint density at radius 2 is 1.70 bits per heavy atom. The summed E-state index contributed by atoms with van der Waals surface area (Å²) in [6.07, 6.45) is -3.89. The van der Waals surface area contributed by atoms with Crippen molar-refractivity contribution in [1.29, 1.82) is 0 Å². The SMILES string of the molecule is Cc1nn(-c2ccc(F)cc2)c(C)c1CNC(=O)CN1CCC(O)CC1.O=C(O)C(F)(F)F. The Hall–Kier alpha value is -2.99. The number of carboxylic acid groups (broad SMARTS) is 1. The number of aliphatic hydroxyl groups is 1. The first-order valence-corrected chi connectivity index (χ1v) is 10.2. The van der Waals surface area contributed by atoms with Crippen LogP contribution >= 0.6 is 0 Å². The van der Waals surface area contributed by atoms with E-state index in [9.17, 15) is 27.5 Å². The number of nitrogens with zero attached hydrogens (tertiary/aromatic N) is 3. The summed E-state index contributed by atoms with van der Waals surface area (Å²) in [5.74, 6) is -3.07. The molecule has 0 bridgehead atoms. The van der Waals surface area contributed by atoms with Crippen molar-refractivity contribution in [2.45, 2.75) is 45.5 Å². The number of benzene rings is 1. The van der Waals surface area contributed by atoms with E-state index in [4.69, 9.17) is 9.90 Å². The molecule has 0 unspecified atom stereocenters. The van der Waals surface area contributed by atoms with Crippen LogP contribution in [0.3, 0.4) is 0 Å². The molecule has 12 heteroatoms. The van der Waals surface area contributed by atoms with Crippen molar-refractivity contribution < 1.29 is 37.4 Å². The first-order chi connectivity index (χ1) is 15.4. The van der Waals surface area contributed by atoms with E-state index in [2.05, 4.69) is 15.3 Å². The van der Waals surface area contributed by atoms with Crippen LogP contribution in [0.2, 0.25) is 0 Å². The quantitative estimate of drug-likeness (QED) is 0.575. The molecule has 8 nitrogen and oxygen atoms in total. The molecule has 1 aliphatic heterocycles. The standard InChI is InChI=1S/C19H25FN4O2.C2HF3O2/c1-13-18(11-21-19(26)12-23-9-7-17(25)8-10-23)14(2)24(22-13)16-5-3-15(20)4-6-16;3-2(4,5)1(6)7/h3-6,17,25H,7-12H2,1-2H3,(H,21,26);(H,6,7). The van der Waals surface area contributed by atoms with Crippen molar-refractivity contribution in [3.8, 4) is 5.69 Å². The number of hydrogen-bond donors (Lipinski definition) is 3. The van der Waals surface area contributed by atoms with Crippen LogP contribution in [0, 0.1) is 19.7 Å². The minimum atomic E-state index is -5.08. The molecular formula is C21H26F4N4O4. The van der Waals surface area contributed by atoms with Gasteiger partial charge in [0.25, 0.3) is 0 Å². The molecule has 3 rings (SSSR count). The molecule has 33 heavy (non-hydrogen) atoms. The van der Waals surface area contributed by atoms with E-state index in [-0.39, 0.29) is 17.8 Å². The van der Waals surface area contributed by atoms with Crippen LogP contribution in [0.1, 0.15) is 29.8 Å². The van der Waals surface area contributed by atoms with Gasteiger partial charge in [-0.25, -0.2) is 13.9 Å². The average Bonchev–Trinajstić information content (AvgIpc) is 3.02. The van der Waals surface area contributed by atoms with E-state index in [0.29, 0.717) is 13.1 Å². The lowest BCUT2D eigenvalue weighted by Gasteiger charge is -2.28. The highest BCUT2D eigenvalue weighted by Gasteiger charge is 2.38. The molecule has 1 fully saturated rings.